The summed E-state index contributed by atoms with van der Waals surface area (Å²) in [6.07, 6.45) is 30.7. The monoisotopic (exact) mass is 537 g/mol. The first kappa shape index (κ1) is 34.9. The standard InChI is InChI=1S/C33H63NO4/c1-2-3-4-5-6-7-8-9-10-11-12-13-14-15-18-21-24-27-34-28-30-37-32(35)25-22-19-16-17-20-23-26-33(36)38-31-29-34/h2-31H2,1H3. The average Bonchev–Trinajstić information content (AvgIpc) is 2.91. The Balaban J connectivity index is 2.05. The summed E-state index contributed by atoms with van der Waals surface area (Å²) < 4.78 is 10.9. The highest BCUT2D eigenvalue weighted by atomic mass is 16.5. The smallest absolute Gasteiger partial charge is 0.305 e. The van der Waals surface area contributed by atoms with Gasteiger partial charge >= 0.3 is 11.9 Å². The van der Waals surface area contributed by atoms with Crippen molar-refractivity contribution in [1.82, 2.24) is 4.90 Å². The van der Waals surface area contributed by atoms with E-state index in [-0.39, 0.29) is 11.9 Å². The SMILES string of the molecule is CCCCCCCCCCCCCCCCCCCN1CCOC(=O)CCCCCCCCC(=O)OCC1. The summed E-state index contributed by atoms with van der Waals surface area (Å²) in [6, 6.07) is 0. The number of cyclic esters (lactones) is 2. The molecule has 0 aromatic heterocycles. The van der Waals surface area contributed by atoms with Crippen LogP contribution in [0.4, 0.5) is 0 Å². The minimum Gasteiger partial charge on any atom is -0.464 e. The number of unbranched alkanes of at least 4 members (excludes halogenated alkanes) is 16. The maximum Gasteiger partial charge on any atom is 0.305 e. The van der Waals surface area contributed by atoms with Crippen molar-refractivity contribution >= 4 is 11.9 Å². The molecule has 0 aromatic carbocycles. The third kappa shape index (κ3) is 24.0. The van der Waals surface area contributed by atoms with Crippen molar-refractivity contribution in [2.24, 2.45) is 0 Å². The van der Waals surface area contributed by atoms with Gasteiger partial charge in [-0.2, -0.15) is 0 Å². The van der Waals surface area contributed by atoms with Crippen LogP contribution in [0.2, 0.25) is 0 Å². The molecular formula is C33H63NO4. The van der Waals surface area contributed by atoms with Gasteiger partial charge in [-0.05, 0) is 25.8 Å². The lowest BCUT2D eigenvalue weighted by molar-refractivity contribution is -0.144. The first-order chi connectivity index (χ1) is 18.7. The number of esters is 2. The molecule has 1 fully saturated rings. The molecule has 0 saturated carbocycles. The fourth-order valence-electron chi connectivity index (χ4n) is 5.36. The van der Waals surface area contributed by atoms with E-state index >= 15 is 0 Å². The van der Waals surface area contributed by atoms with Crippen molar-refractivity contribution < 1.29 is 19.1 Å². The minimum atomic E-state index is -0.0708. The third-order valence-corrected chi connectivity index (χ3v) is 7.93. The van der Waals surface area contributed by atoms with E-state index in [9.17, 15) is 9.59 Å². The van der Waals surface area contributed by atoms with Gasteiger partial charge in [0.15, 0.2) is 0 Å². The van der Waals surface area contributed by atoms with Crippen LogP contribution in [0, 0.1) is 0 Å². The topological polar surface area (TPSA) is 55.8 Å². The fourth-order valence-corrected chi connectivity index (χ4v) is 5.36. The number of ether oxygens (including phenoxy) is 2. The Labute approximate surface area is 236 Å². The van der Waals surface area contributed by atoms with Gasteiger partial charge in [-0.15, -0.1) is 0 Å². The lowest BCUT2D eigenvalue weighted by Gasteiger charge is -2.22. The van der Waals surface area contributed by atoms with Crippen molar-refractivity contribution in [1.29, 1.82) is 0 Å². The number of nitrogens with zero attached hydrogens (tertiary/aromatic N) is 1. The summed E-state index contributed by atoms with van der Waals surface area (Å²) in [5.41, 5.74) is 0. The Morgan fingerprint density at radius 1 is 0.500 bits per heavy atom. The zero-order chi connectivity index (χ0) is 27.4. The van der Waals surface area contributed by atoms with Gasteiger partial charge in [0.2, 0.25) is 0 Å². The lowest BCUT2D eigenvalue weighted by Crippen LogP contribution is -2.33. The van der Waals surface area contributed by atoms with Gasteiger partial charge in [0.1, 0.15) is 13.2 Å². The molecule has 5 heteroatoms. The van der Waals surface area contributed by atoms with Crippen molar-refractivity contribution in [2.45, 2.75) is 167 Å². The molecule has 0 atom stereocenters. The van der Waals surface area contributed by atoms with Crippen LogP contribution in [0.5, 0.6) is 0 Å². The van der Waals surface area contributed by atoms with E-state index < -0.39 is 0 Å². The lowest BCUT2D eigenvalue weighted by atomic mass is 10.0. The van der Waals surface area contributed by atoms with Crippen LogP contribution in [-0.2, 0) is 19.1 Å². The highest BCUT2D eigenvalue weighted by Crippen LogP contribution is 2.14. The van der Waals surface area contributed by atoms with E-state index in [1.807, 2.05) is 0 Å². The van der Waals surface area contributed by atoms with Crippen molar-refractivity contribution in [3.05, 3.63) is 0 Å². The third-order valence-electron chi connectivity index (χ3n) is 7.93. The van der Waals surface area contributed by atoms with Crippen LogP contribution in [0.1, 0.15) is 167 Å². The van der Waals surface area contributed by atoms with E-state index in [1.165, 1.54) is 103 Å². The van der Waals surface area contributed by atoms with E-state index in [0.717, 1.165) is 64.6 Å². The van der Waals surface area contributed by atoms with E-state index in [4.69, 9.17) is 9.47 Å². The zero-order valence-corrected chi connectivity index (χ0v) is 25.3. The van der Waals surface area contributed by atoms with Gasteiger partial charge in [0.05, 0.1) is 0 Å². The van der Waals surface area contributed by atoms with E-state index in [0.29, 0.717) is 26.1 Å². The quantitative estimate of drug-likeness (QED) is 0.129. The molecule has 0 aromatic rings. The summed E-state index contributed by atoms with van der Waals surface area (Å²) in [7, 11) is 0. The molecule has 1 aliphatic rings. The second-order valence-corrected chi connectivity index (χ2v) is 11.6. The van der Waals surface area contributed by atoms with Gasteiger partial charge in [0, 0.05) is 25.9 Å². The molecule has 0 aliphatic carbocycles. The summed E-state index contributed by atoms with van der Waals surface area (Å²) >= 11 is 0. The number of carbonyl (C=O) groups is 2. The maximum absolute atomic E-state index is 12.0. The molecule has 0 bridgehead atoms. The van der Waals surface area contributed by atoms with Crippen LogP contribution >= 0.6 is 0 Å². The molecule has 1 aliphatic heterocycles. The number of rotatable bonds is 18. The van der Waals surface area contributed by atoms with E-state index in [1.54, 1.807) is 0 Å². The molecule has 1 heterocycles. The number of hydrogen-bond donors (Lipinski definition) is 0. The Kier molecular flexibility index (Phi) is 25.2. The van der Waals surface area contributed by atoms with Gasteiger partial charge in [-0.25, -0.2) is 0 Å². The van der Waals surface area contributed by atoms with E-state index in [2.05, 4.69) is 11.8 Å². The first-order valence-electron chi connectivity index (χ1n) is 16.8. The van der Waals surface area contributed by atoms with Crippen molar-refractivity contribution in [3.63, 3.8) is 0 Å². The maximum atomic E-state index is 12.0. The van der Waals surface area contributed by atoms with Crippen LogP contribution in [0.3, 0.4) is 0 Å². The Morgan fingerprint density at radius 2 is 0.842 bits per heavy atom. The molecule has 38 heavy (non-hydrogen) atoms. The van der Waals surface area contributed by atoms with Crippen LogP contribution in [0.15, 0.2) is 0 Å². The average molecular weight is 538 g/mol. The Hall–Kier alpha value is -1.10. The first-order valence-corrected chi connectivity index (χ1v) is 16.8. The van der Waals surface area contributed by atoms with Crippen LogP contribution in [-0.4, -0.2) is 49.7 Å². The predicted octanol–water partition coefficient (Wildman–Crippen LogP) is 9.16. The molecule has 1 rings (SSSR count). The van der Waals surface area contributed by atoms with Gasteiger partial charge in [0.25, 0.3) is 0 Å². The minimum absolute atomic E-state index is 0.0708. The van der Waals surface area contributed by atoms with Gasteiger partial charge < -0.3 is 9.47 Å². The molecule has 0 unspecified atom stereocenters. The fraction of sp³-hybridized carbons (Fsp3) is 0.939. The molecule has 0 radical (unpaired) electrons. The summed E-state index contributed by atoms with van der Waals surface area (Å²) in [4.78, 5) is 26.3. The highest BCUT2D eigenvalue weighted by molar-refractivity contribution is 5.69. The number of carbonyl (C=O) groups excluding carboxylic acids is 2. The molecule has 5 nitrogen and oxygen atoms in total. The molecule has 1 saturated heterocycles. The molecule has 0 N–H and O–H groups in total. The molecule has 0 amide bonds. The van der Waals surface area contributed by atoms with Crippen LogP contribution in [0.25, 0.3) is 0 Å². The predicted molar refractivity (Wildman–Crippen MR) is 159 cm³/mol. The second kappa shape index (κ2) is 27.5. The Bertz CT molecular complexity index is 511. The molecule has 0 spiro atoms. The highest BCUT2D eigenvalue weighted by Gasteiger charge is 2.10. The molecule has 224 valence electrons. The summed E-state index contributed by atoms with van der Waals surface area (Å²) in [5.74, 6) is -0.142. The van der Waals surface area contributed by atoms with Crippen LogP contribution < -0.4 is 0 Å². The zero-order valence-electron chi connectivity index (χ0n) is 25.3. The second-order valence-electron chi connectivity index (χ2n) is 11.6. The summed E-state index contributed by atoms with van der Waals surface area (Å²) in [5, 5.41) is 0. The Morgan fingerprint density at radius 3 is 1.24 bits per heavy atom. The number of hydrogen-bond acceptors (Lipinski definition) is 5. The normalized spacial score (nSPS) is 17.6. The van der Waals surface area contributed by atoms with Crippen molar-refractivity contribution in [3.8, 4) is 0 Å². The molecular weight excluding hydrogens is 474 g/mol. The van der Waals surface area contributed by atoms with Gasteiger partial charge in [-0.1, -0.05) is 135 Å². The van der Waals surface area contributed by atoms with Gasteiger partial charge in [-0.3, -0.25) is 14.5 Å². The largest absolute Gasteiger partial charge is 0.464 e. The summed E-state index contributed by atoms with van der Waals surface area (Å²) in [6.45, 7) is 5.59. The van der Waals surface area contributed by atoms with Crippen molar-refractivity contribution in [2.75, 3.05) is 32.8 Å².